The number of aromatic nitrogens is 2. The van der Waals surface area contributed by atoms with Crippen LogP contribution in [0.4, 0.5) is 5.69 Å². The third-order valence-corrected chi connectivity index (χ3v) is 4.24. The van der Waals surface area contributed by atoms with Crippen molar-refractivity contribution in [3.05, 3.63) is 47.7 Å². The second-order valence-corrected chi connectivity index (χ2v) is 5.90. The number of aryl methyl sites for hydroxylation is 1. The lowest BCUT2D eigenvalue weighted by Gasteiger charge is -2.18. The molecule has 0 aliphatic carbocycles. The molecule has 0 saturated carbocycles. The number of fused-ring (bicyclic) bond motifs is 1. The van der Waals surface area contributed by atoms with Crippen molar-refractivity contribution in [2.45, 2.75) is 19.8 Å². The molecule has 0 atom stereocenters. The van der Waals surface area contributed by atoms with Crippen molar-refractivity contribution in [1.82, 2.24) is 10.2 Å². The molecule has 1 aromatic heterocycles. The Morgan fingerprint density at radius 1 is 1.28 bits per heavy atom. The lowest BCUT2D eigenvalue weighted by Crippen LogP contribution is -2.26. The van der Waals surface area contributed by atoms with Crippen LogP contribution in [0.1, 0.15) is 29.4 Å². The number of amides is 1. The van der Waals surface area contributed by atoms with Gasteiger partial charge in [-0.15, -0.1) is 0 Å². The largest absolute Gasteiger partial charge is 0.507 e. The van der Waals surface area contributed by atoms with Crippen molar-refractivity contribution in [3.63, 3.8) is 0 Å². The van der Waals surface area contributed by atoms with Crippen LogP contribution in [-0.2, 0) is 6.42 Å². The third-order valence-electron chi connectivity index (χ3n) is 4.24. The van der Waals surface area contributed by atoms with Crippen LogP contribution in [-0.4, -0.2) is 35.4 Å². The number of nitrogens with zero attached hydrogens (tertiary/aromatic N) is 2. The number of aromatic amines is 1. The highest BCUT2D eigenvalue weighted by Crippen LogP contribution is 2.29. The first-order chi connectivity index (χ1) is 12.0. The van der Waals surface area contributed by atoms with Gasteiger partial charge in [-0.25, -0.2) is 0 Å². The standard InChI is InChI=1S/C19H21N3O3/c1-4-5-16-14-10-15(18(23)11-17(14)21-20-16)19(24)22(2)12-6-8-13(25-3)9-7-12/h6-11,23H,4-5H2,1-3H3,(H,20,21). The summed E-state index contributed by atoms with van der Waals surface area (Å²) in [7, 11) is 3.27. The van der Waals surface area contributed by atoms with Gasteiger partial charge < -0.3 is 14.7 Å². The average Bonchev–Trinajstić information content (AvgIpc) is 3.02. The van der Waals surface area contributed by atoms with E-state index < -0.39 is 0 Å². The van der Waals surface area contributed by atoms with Gasteiger partial charge in [-0.3, -0.25) is 9.89 Å². The number of ether oxygens (including phenoxy) is 1. The van der Waals surface area contributed by atoms with Crippen molar-refractivity contribution in [3.8, 4) is 11.5 Å². The van der Waals surface area contributed by atoms with Crippen LogP contribution in [0.25, 0.3) is 10.9 Å². The van der Waals surface area contributed by atoms with Crippen molar-refractivity contribution in [2.24, 2.45) is 0 Å². The molecule has 2 N–H and O–H groups in total. The maximum atomic E-state index is 12.9. The summed E-state index contributed by atoms with van der Waals surface area (Å²) in [5, 5.41) is 18.3. The lowest BCUT2D eigenvalue weighted by atomic mass is 10.1. The van der Waals surface area contributed by atoms with Crippen LogP contribution in [0.15, 0.2) is 36.4 Å². The van der Waals surface area contributed by atoms with Gasteiger partial charge in [0.25, 0.3) is 5.91 Å². The van der Waals surface area contributed by atoms with E-state index in [-0.39, 0.29) is 17.2 Å². The van der Waals surface area contributed by atoms with Gasteiger partial charge >= 0.3 is 0 Å². The van der Waals surface area contributed by atoms with Gasteiger partial charge in [0.05, 0.1) is 23.9 Å². The lowest BCUT2D eigenvalue weighted by molar-refractivity contribution is 0.0990. The average molecular weight is 339 g/mol. The highest BCUT2D eigenvalue weighted by Gasteiger charge is 2.20. The monoisotopic (exact) mass is 339 g/mol. The molecule has 6 nitrogen and oxygen atoms in total. The van der Waals surface area contributed by atoms with Gasteiger partial charge in [0.15, 0.2) is 0 Å². The minimum atomic E-state index is -0.284. The summed E-state index contributed by atoms with van der Waals surface area (Å²) in [5.41, 5.74) is 2.60. The molecular formula is C19H21N3O3. The molecule has 3 rings (SSSR count). The highest BCUT2D eigenvalue weighted by molar-refractivity contribution is 6.09. The van der Waals surface area contributed by atoms with Crippen LogP contribution in [0.5, 0.6) is 11.5 Å². The van der Waals surface area contributed by atoms with E-state index in [0.717, 1.165) is 35.2 Å². The number of hydrogen-bond donors (Lipinski definition) is 2. The predicted octanol–water partition coefficient (Wildman–Crippen LogP) is 3.51. The summed E-state index contributed by atoms with van der Waals surface area (Å²) in [6.07, 6.45) is 1.77. The molecule has 0 aliphatic rings. The van der Waals surface area contributed by atoms with Crippen LogP contribution in [0, 0.1) is 0 Å². The Morgan fingerprint density at radius 3 is 2.64 bits per heavy atom. The van der Waals surface area contributed by atoms with E-state index in [4.69, 9.17) is 4.74 Å². The minimum Gasteiger partial charge on any atom is -0.507 e. The van der Waals surface area contributed by atoms with E-state index in [1.165, 1.54) is 4.90 Å². The van der Waals surface area contributed by atoms with E-state index >= 15 is 0 Å². The predicted molar refractivity (Wildman–Crippen MR) is 97.5 cm³/mol. The van der Waals surface area contributed by atoms with Crippen LogP contribution >= 0.6 is 0 Å². The molecular weight excluding hydrogens is 318 g/mol. The molecule has 130 valence electrons. The molecule has 0 radical (unpaired) electrons. The molecule has 0 spiro atoms. The molecule has 0 fully saturated rings. The van der Waals surface area contributed by atoms with E-state index in [2.05, 4.69) is 17.1 Å². The molecule has 2 aromatic carbocycles. The Balaban J connectivity index is 1.97. The number of rotatable bonds is 5. The summed E-state index contributed by atoms with van der Waals surface area (Å²) in [6, 6.07) is 10.4. The summed E-state index contributed by atoms with van der Waals surface area (Å²) >= 11 is 0. The van der Waals surface area contributed by atoms with Crippen LogP contribution in [0.2, 0.25) is 0 Å². The van der Waals surface area contributed by atoms with Gasteiger partial charge in [-0.2, -0.15) is 5.10 Å². The van der Waals surface area contributed by atoms with Crippen molar-refractivity contribution in [1.29, 1.82) is 0 Å². The number of aromatic hydroxyl groups is 1. The number of carbonyl (C=O) groups excluding carboxylic acids is 1. The van der Waals surface area contributed by atoms with E-state index in [1.54, 1.807) is 50.6 Å². The highest BCUT2D eigenvalue weighted by atomic mass is 16.5. The van der Waals surface area contributed by atoms with Crippen molar-refractivity contribution < 1.29 is 14.6 Å². The fourth-order valence-electron chi connectivity index (χ4n) is 2.81. The van der Waals surface area contributed by atoms with Gasteiger partial charge in [0, 0.05) is 24.2 Å². The third kappa shape index (κ3) is 3.15. The van der Waals surface area contributed by atoms with Crippen LogP contribution in [0.3, 0.4) is 0 Å². The number of phenolic OH excluding ortho intramolecular Hbond substituents is 1. The molecule has 0 aliphatic heterocycles. The fraction of sp³-hybridized carbons (Fsp3) is 0.263. The number of benzene rings is 2. The summed E-state index contributed by atoms with van der Waals surface area (Å²) in [5.74, 6) is 0.370. The van der Waals surface area contributed by atoms with Crippen LogP contribution < -0.4 is 9.64 Å². The maximum Gasteiger partial charge on any atom is 0.261 e. The topological polar surface area (TPSA) is 78.4 Å². The first-order valence-corrected chi connectivity index (χ1v) is 8.17. The molecule has 0 unspecified atom stereocenters. The molecule has 25 heavy (non-hydrogen) atoms. The fourth-order valence-corrected chi connectivity index (χ4v) is 2.81. The summed E-state index contributed by atoms with van der Waals surface area (Å²) < 4.78 is 5.13. The second-order valence-electron chi connectivity index (χ2n) is 5.90. The minimum absolute atomic E-state index is 0.0652. The Kier molecular flexibility index (Phi) is 4.61. The Morgan fingerprint density at radius 2 is 2.00 bits per heavy atom. The zero-order valence-corrected chi connectivity index (χ0v) is 14.5. The maximum absolute atomic E-state index is 12.9. The molecule has 6 heteroatoms. The Hall–Kier alpha value is -3.02. The number of hydrogen-bond acceptors (Lipinski definition) is 4. The van der Waals surface area contributed by atoms with Crippen molar-refractivity contribution >= 4 is 22.5 Å². The quantitative estimate of drug-likeness (QED) is 0.746. The first-order valence-electron chi connectivity index (χ1n) is 8.17. The van der Waals surface area contributed by atoms with E-state index in [0.29, 0.717) is 5.69 Å². The smallest absolute Gasteiger partial charge is 0.261 e. The Labute approximate surface area is 146 Å². The van der Waals surface area contributed by atoms with Crippen molar-refractivity contribution in [2.75, 3.05) is 19.1 Å². The van der Waals surface area contributed by atoms with Gasteiger partial charge in [-0.1, -0.05) is 13.3 Å². The van der Waals surface area contributed by atoms with Gasteiger partial charge in [0.2, 0.25) is 0 Å². The number of anilines is 1. The number of H-pyrrole nitrogens is 1. The summed E-state index contributed by atoms with van der Waals surface area (Å²) in [4.78, 5) is 14.4. The zero-order chi connectivity index (χ0) is 18.0. The van der Waals surface area contributed by atoms with Gasteiger partial charge in [0.1, 0.15) is 11.5 Å². The molecule has 3 aromatic rings. The number of carbonyl (C=O) groups is 1. The molecule has 0 bridgehead atoms. The molecule has 0 saturated heterocycles. The zero-order valence-electron chi connectivity index (χ0n) is 14.5. The van der Waals surface area contributed by atoms with Gasteiger partial charge in [-0.05, 0) is 36.8 Å². The first kappa shape index (κ1) is 16.8. The second kappa shape index (κ2) is 6.84. The summed E-state index contributed by atoms with van der Waals surface area (Å²) in [6.45, 7) is 2.07. The van der Waals surface area contributed by atoms with E-state index in [9.17, 15) is 9.90 Å². The molecule has 1 amide bonds. The SMILES string of the molecule is CCCc1n[nH]c2cc(O)c(C(=O)N(C)c3ccc(OC)cc3)cc12. The Bertz CT molecular complexity index is 900. The number of nitrogens with one attached hydrogen (secondary N) is 1. The number of methoxy groups -OCH3 is 1. The normalized spacial score (nSPS) is 10.8. The number of phenols is 1. The van der Waals surface area contributed by atoms with E-state index in [1.807, 2.05) is 0 Å². The molecule has 1 heterocycles.